The Morgan fingerprint density at radius 3 is 2.57 bits per heavy atom. The van der Waals surface area contributed by atoms with E-state index >= 15 is 0 Å². The number of nitrogens with one attached hydrogen (secondary N) is 1. The Bertz CT molecular complexity index is 791. The number of hydrogen-bond donors (Lipinski definition) is 1. The third-order valence-electron chi connectivity index (χ3n) is 4.94. The van der Waals surface area contributed by atoms with Gasteiger partial charge in [-0.1, -0.05) is 11.6 Å². The number of hydrogen-bond acceptors (Lipinski definition) is 2. The number of H-pyrrole nitrogens is 1. The van der Waals surface area contributed by atoms with Gasteiger partial charge in [-0.05, 0) is 25.0 Å². The Morgan fingerprint density at radius 1 is 1.26 bits per heavy atom. The number of aromatic amines is 1. The van der Waals surface area contributed by atoms with Crippen molar-refractivity contribution < 1.29 is 18.3 Å². The highest BCUT2D eigenvalue weighted by molar-refractivity contribution is 6.35. The third kappa shape index (κ3) is 2.23. The maximum Gasteiger partial charge on any atom is 0.273 e. The van der Waals surface area contributed by atoms with Gasteiger partial charge in [-0.15, -0.1) is 0 Å². The Hall–Kier alpha value is -1.66. The minimum Gasteiger partial charge on any atom is -0.380 e. The first-order chi connectivity index (χ1) is 11.0. The quantitative estimate of drug-likeness (QED) is 0.865. The highest BCUT2D eigenvalue weighted by atomic mass is 35.5. The molecule has 2 aliphatic heterocycles. The highest BCUT2D eigenvalue weighted by Gasteiger charge is 2.42. The number of nitrogens with zero attached hydrogens (tertiary/aromatic N) is 1. The van der Waals surface area contributed by atoms with E-state index in [1.54, 1.807) is 4.90 Å². The van der Waals surface area contributed by atoms with Crippen LogP contribution in [0.15, 0.2) is 12.1 Å². The number of likely N-dealkylation sites (tertiary alicyclic amines) is 1. The number of halogens is 3. The van der Waals surface area contributed by atoms with Crippen LogP contribution in [-0.4, -0.2) is 42.1 Å². The molecule has 0 saturated carbocycles. The zero-order chi connectivity index (χ0) is 16.2. The van der Waals surface area contributed by atoms with Gasteiger partial charge in [0.05, 0.1) is 29.1 Å². The van der Waals surface area contributed by atoms with Crippen LogP contribution >= 0.6 is 11.6 Å². The van der Waals surface area contributed by atoms with Gasteiger partial charge in [0.2, 0.25) is 0 Å². The van der Waals surface area contributed by atoms with Gasteiger partial charge in [0.25, 0.3) is 5.91 Å². The van der Waals surface area contributed by atoms with E-state index in [2.05, 4.69) is 4.98 Å². The predicted molar refractivity (Wildman–Crippen MR) is 81.6 cm³/mol. The SMILES string of the molecule is O=C(c1[nH]c2ccc(F)c(Cl)c2c1F)N1CCC2(CC1)COC2. The summed E-state index contributed by atoms with van der Waals surface area (Å²) in [5.74, 6) is -1.91. The van der Waals surface area contributed by atoms with Gasteiger partial charge in [-0.2, -0.15) is 0 Å². The minimum atomic E-state index is -0.790. The van der Waals surface area contributed by atoms with E-state index in [9.17, 15) is 13.6 Å². The van der Waals surface area contributed by atoms with E-state index in [4.69, 9.17) is 16.3 Å². The summed E-state index contributed by atoms with van der Waals surface area (Å²) < 4.78 is 33.3. The molecule has 1 N–H and O–H groups in total. The van der Waals surface area contributed by atoms with Crippen LogP contribution in [0.5, 0.6) is 0 Å². The lowest BCUT2D eigenvalue weighted by atomic mass is 9.77. The van der Waals surface area contributed by atoms with E-state index in [-0.39, 0.29) is 21.5 Å². The van der Waals surface area contributed by atoms with Crippen LogP contribution in [0.3, 0.4) is 0 Å². The second kappa shape index (κ2) is 5.18. The molecule has 4 nitrogen and oxygen atoms in total. The molecular weight excluding hydrogens is 326 g/mol. The second-order valence-electron chi connectivity index (χ2n) is 6.38. The van der Waals surface area contributed by atoms with Gasteiger partial charge in [0, 0.05) is 18.5 Å². The molecule has 1 aromatic heterocycles. The zero-order valence-corrected chi connectivity index (χ0v) is 13.1. The predicted octanol–water partition coefficient (Wildman–Crippen LogP) is 3.35. The van der Waals surface area contributed by atoms with Crippen molar-refractivity contribution in [1.82, 2.24) is 9.88 Å². The Kier molecular flexibility index (Phi) is 3.35. The van der Waals surface area contributed by atoms with Crippen LogP contribution in [0.1, 0.15) is 23.3 Å². The van der Waals surface area contributed by atoms with Gasteiger partial charge in [0.1, 0.15) is 11.5 Å². The molecule has 2 saturated heterocycles. The van der Waals surface area contributed by atoms with Crippen molar-refractivity contribution in [3.8, 4) is 0 Å². The molecule has 0 bridgehead atoms. The summed E-state index contributed by atoms with van der Waals surface area (Å²) in [6, 6.07) is 2.53. The summed E-state index contributed by atoms with van der Waals surface area (Å²) in [4.78, 5) is 17.0. The van der Waals surface area contributed by atoms with Gasteiger partial charge in [-0.25, -0.2) is 8.78 Å². The number of benzene rings is 1. The number of amides is 1. The van der Waals surface area contributed by atoms with Crippen molar-refractivity contribution in [3.05, 3.63) is 34.5 Å². The molecule has 0 unspecified atom stereocenters. The fraction of sp³-hybridized carbons (Fsp3) is 0.438. The fourth-order valence-electron chi connectivity index (χ4n) is 3.35. The summed E-state index contributed by atoms with van der Waals surface area (Å²) in [5, 5.41) is -0.379. The molecule has 4 rings (SSSR count). The van der Waals surface area contributed by atoms with E-state index < -0.39 is 17.5 Å². The van der Waals surface area contributed by atoms with Gasteiger partial charge < -0.3 is 14.6 Å². The molecule has 2 aromatic rings. The van der Waals surface area contributed by atoms with Gasteiger partial charge in [-0.3, -0.25) is 4.79 Å². The van der Waals surface area contributed by atoms with Crippen LogP contribution in [0.2, 0.25) is 5.02 Å². The number of fused-ring (bicyclic) bond motifs is 1. The lowest BCUT2D eigenvalue weighted by Crippen LogP contribution is -2.52. The molecule has 0 atom stereocenters. The average Bonchev–Trinajstić information content (AvgIpc) is 2.86. The van der Waals surface area contributed by atoms with Crippen molar-refractivity contribution in [2.24, 2.45) is 5.41 Å². The molecular formula is C16H15ClF2N2O2. The van der Waals surface area contributed by atoms with Crippen LogP contribution in [0.25, 0.3) is 10.9 Å². The summed E-state index contributed by atoms with van der Waals surface area (Å²) in [7, 11) is 0. The Balaban J connectivity index is 1.63. The normalized spacial score (nSPS) is 20.0. The van der Waals surface area contributed by atoms with Crippen LogP contribution < -0.4 is 0 Å². The summed E-state index contributed by atoms with van der Waals surface area (Å²) >= 11 is 5.83. The maximum atomic E-state index is 14.6. The monoisotopic (exact) mass is 340 g/mol. The molecule has 0 radical (unpaired) electrons. The molecule has 1 amide bonds. The summed E-state index contributed by atoms with van der Waals surface area (Å²) in [5.41, 5.74) is 0.355. The van der Waals surface area contributed by atoms with Crippen molar-refractivity contribution in [2.45, 2.75) is 12.8 Å². The van der Waals surface area contributed by atoms with E-state index in [1.807, 2.05) is 0 Å². The molecule has 2 aliphatic rings. The van der Waals surface area contributed by atoms with Crippen molar-refractivity contribution in [2.75, 3.05) is 26.3 Å². The zero-order valence-electron chi connectivity index (χ0n) is 12.3. The van der Waals surface area contributed by atoms with E-state index in [0.29, 0.717) is 18.6 Å². The molecule has 1 spiro atoms. The number of rotatable bonds is 1. The molecule has 23 heavy (non-hydrogen) atoms. The van der Waals surface area contributed by atoms with Crippen LogP contribution in [0, 0.1) is 17.0 Å². The largest absolute Gasteiger partial charge is 0.380 e. The maximum absolute atomic E-state index is 14.6. The second-order valence-corrected chi connectivity index (χ2v) is 6.76. The van der Waals surface area contributed by atoms with Gasteiger partial charge in [0.15, 0.2) is 5.82 Å². The Labute approximate surface area is 136 Å². The Morgan fingerprint density at radius 2 is 1.96 bits per heavy atom. The number of carbonyl (C=O) groups excluding carboxylic acids is 1. The summed E-state index contributed by atoms with van der Waals surface area (Å²) in [6.45, 7) is 2.62. The smallest absolute Gasteiger partial charge is 0.273 e. The first-order valence-corrected chi connectivity index (χ1v) is 7.91. The van der Waals surface area contributed by atoms with Crippen molar-refractivity contribution >= 4 is 28.4 Å². The van der Waals surface area contributed by atoms with Crippen molar-refractivity contribution in [1.29, 1.82) is 0 Å². The van der Waals surface area contributed by atoms with Gasteiger partial charge >= 0.3 is 0 Å². The summed E-state index contributed by atoms with van der Waals surface area (Å²) in [6.07, 6.45) is 1.71. The molecule has 122 valence electrons. The first kappa shape index (κ1) is 14.9. The van der Waals surface area contributed by atoms with Crippen molar-refractivity contribution in [3.63, 3.8) is 0 Å². The minimum absolute atomic E-state index is 0.0733. The average molecular weight is 341 g/mol. The first-order valence-electron chi connectivity index (χ1n) is 7.53. The van der Waals surface area contributed by atoms with E-state index in [1.165, 1.54) is 6.07 Å². The molecule has 0 aliphatic carbocycles. The number of aromatic nitrogens is 1. The highest BCUT2D eigenvalue weighted by Crippen LogP contribution is 2.39. The standard InChI is InChI=1S/C16H15ClF2N2O2/c17-12-9(18)1-2-10-11(12)13(19)14(20-10)15(22)21-5-3-16(4-6-21)7-23-8-16/h1-2,20H,3-8H2. The molecule has 7 heteroatoms. The van der Waals surface area contributed by atoms with Crippen LogP contribution in [-0.2, 0) is 4.74 Å². The number of piperidine rings is 1. The third-order valence-corrected chi connectivity index (χ3v) is 5.30. The number of carbonyl (C=O) groups is 1. The fourth-order valence-corrected chi connectivity index (χ4v) is 3.60. The van der Waals surface area contributed by atoms with E-state index in [0.717, 1.165) is 32.1 Å². The topological polar surface area (TPSA) is 45.3 Å². The lowest BCUT2D eigenvalue weighted by Gasteiger charge is -2.47. The molecule has 2 fully saturated rings. The number of ether oxygens (including phenoxy) is 1. The lowest BCUT2D eigenvalue weighted by molar-refractivity contribution is -0.136. The van der Waals surface area contributed by atoms with Crippen LogP contribution in [0.4, 0.5) is 8.78 Å². The molecule has 3 heterocycles. The molecule has 1 aromatic carbocycles.